The Balaban J connectivity index is 2.18. The van der Waals surface area contributed by atoms with E-state index in [2.05, 4.69) is 4.74 Å². The lowest BCUT2D eigenvalue weighted by Crippen LogP contribution is -2.21. The second-order valence-corrected chi connectivity index (χ2v) is 3.64. The largest absolute Gasteiger partial charge is 0.466 e. The van der Waals surface area contributed by atoms with Crippen molar-refractivity contribution in [1.29, 1.82) is 0 Å². The molecule has 0 saturated carbocycles. The first-order chi connectivity index (χ1) is 6.31. The Morgan fingerprint density at radius 2 is 2.31 bits per heavy atom. The number of methoxy groups -OCH3 is 1. The summed E-state index contributed by atoms with van der Waals surface area (Å²) in [5.41, 5.74) is -0.539. The van der Waals surface area contributed by atoms with E-state index in [0.29, 0.717) is 0 Å². The Kier molecular flexibility index (Phi) is 2.14. The Labute approximate surface area is 80.0 Å². The summed E-state index contributed by atoms with van der Waals surface area (Å²) in [4.78, 5) is 12.1. The van der Waals surface area contributed by atoms with E-state index in [1.807, 2.05) is 24.3 Å². The van der Waals surface area contributed by atoms with Gasteiger partial charge < -0.3 is 9.47 Å². The van der Waals surface area contributed by atoms with E-state index in [1.54, 1.807) is 0 Å². The average molecular weight is 196 g/mol. The van der Waals surface area contributed by atoms with Crippen molar-refractivity contribution in [3.8, 4) is 5.75 Å². The Morgan fingerprint density at radius 1 is 1.54 bits per heavy atom. The molecule has 0 radical (unpaired) electrons. The molecule has 68 valence electrons. The fraction of sp³-hybridized carbons (Fsp3) is 0.222. The molecule has 0 aromatic heterocycles. The van der Waals surface area contributed by atoms with Crippen LogP contribution >= 0.6 is 11.8 Å². The van der Waals surface area contributed by atoms with Gasteiger partial charge in [-0.1, -0.05) is 23.9 Å². The third-order valence-corrected chi connectivity index (χ3v) is 2.80. The second kappa shape index (κ2) is 3.30. The zero-order valence-corrected chi connectivity index (χ0v) is 7.84. The van der Waals surface area contributed by atoms with Crippen molar-refractivity contribution in [3.63, 3.8) is 0 Å². The molecule has 1 heterocycles. The molecular formula is C9H8O3S. The van der Waals surface area contributed by atoms with E-state index in [1.165, 1.54) is 18.9 Å². The van der Waals surface area contributed by atoms with Gasteiger partial charge in [-0.2, -0.15) is 0 Å². The number of benzene rings is 1. The molecule has 0 bridgehead atoms. The molecule has 2 rings (SSSR count). The van der Waals surface area contributed by atoms with Crippen LogP contribution in [0.5, 0.6) is 5.75 Å². The summed E-state index contributed by atoms with van der Waals surface area (Å²) in [6.45, 7) is 0. The van der Waals surface area contributed by atoms with E-state index in [4.69, 9.17) is 4.74 Å². The molecule has 0 fully saturated rings. The SMILES string of the molecule is COC(=O)C1Oc2ccccc2S1. The summed E-state index contributed by atoms with van der Waals surface area (Å²) in [6.07, 6.45) is 0. The van der Waals surface area contributed by atoms with Gasteiger partial charge in [0.15, 0.2) is 0 Å². The molecule has 0 aliphatic carbocycles. The Hall–Kier alpha value is -1.16. The Morgan fingerprint density at radius 3 is 3.00 bits per heavy atom. The number of ether oxygens (including phenoxy) is 2. The molecular weight excluding hydrogens is 188 g/mol. The number of esters is 1. The molecule has 0 saturated heterocycles. The van der Waals surface area contributed by atoms with Gasteiger partial charge in [-0.3, -0.25) is 0 Å². The number of thioether (sulfide) groups is 1. The van der Waals surface area contributed by atoms with E-state index in [0.717, 1.165) is 10.6 Å². The predicted octanol–water partition coefficient (Wildman–Crippen LogP) is 1.67. The minimum absolute atomic E-state index is 0.346. The van der Waals surface area contributed by atoms with Gasteiger partial charge in [-0.15, -0.1) is 0 Å². The molecule has 0 N–H and O–H groups in total. The van der Waals surface area contributed by atoms with Gasteiger partial charge in [0.2, 0.25) is 5.44 Å². The van der Waals surface area contributed by atoms with Gasteiger partial charge in [0.05, 0.1) is 12.0 Å². The van der Waals surface area contributed by atoms with Crippen LogP contribution in [0.25, 0.3) is 0 Å². The van der Waals surface area contributed by atoms with Crippen LogP contribution in [0.1, 0.15) is 0 Å². The molecule has 1 aromatic carbocycles. The van der Waals surface area contributed by atoms with Gasteiger partial charge in [0.25, 0.3) is 0 Å². The summed E-state index contributed by atoms with van der Waals surface area (Å²) in [5.74, 6) is 0.407. The number of hydrogen-bond acceptors (Lipinski definition) is 4. The number of carbonyl (C=O) groups is 1. The van der Waals surface area contributed by atoms with Crippen LogP contribution in [0, 0.1) is 0 Å². The summed E-state index contributed by atoms with van der Waals surface area (Å²) in [7, 11) is 1.36. The highest BCUT2D eigenvalue weighted by atomic mass is 32.2. The van der Waals surface area contributed by atoms with Gasteiger partial charge in [0, 0.05) is 0 Å². The lowest BCUT2D eigenvalue weighted by atomic mass is 10.3. The molecule has 0 amide bonds. The number of hydrogen-bond donors (Lipinski definition) is 0. The van der Waals surface area contributed by atoms with Crippen molar-refractivity contribution in [2.24, 2.45) is 0 Å². The zero-order valence-electron chi connectivity index (χ0n) is 7.02. The van der Waals surface area contributed by atoms with Crippen molar-refractivity contribution in [1.82, 2.24) is 0 Å². The molecule has 0 spiro atoms. The molecule has 4 heteroatoms. The fourth-order valence-electron chi connectivity index (χ4n) is 1.09. The van der Waals surface area contributed by atoms with Crippen molar-refractivity contribution in [2.45, 2.75) is 10.3 Å². The number of para-hydroxylation sites is 1. The van der Waals surface area contributed by atoms with Crippen molar-refractivity contribution < 1.29 is 14.3 Å². The average Bonchev–Trinajstić information content (AvgIpc) is 2.59. The number of rotatable bonds is 1. The monoisotopic (exact) mass is 196 g/mol. The normalized spacial score (nSPS) is 19.0. The van der Waals surface area contributed by atoms with E-state index in [9.17, 15) is 4.79 Å². The second-order valence-electron chi connectivity index (χ2n) is 2.54. The van der Waals surface area contributed by atoms with Crippen molar-refractivity contribution >= 4 is 17.7 Å². The quantitative estimate of drug-likeness (QED) is 0.640. The maximum Gasteiger partial charge on any atom is 0.358 e. The standard InChI is InChI=1S/C9H8O3S/c1-11-8(10)9-12-6-4-2-3-5-7(6)13-9/h2-5,9H,1H3. The van der Waals surface area contributed by atoms with Gasteiger partial charge in [0.1, 0.15) is 5.75 Å². The third-order valence-electron chi connectivity index (χ3n) is 1.71. The van der Waals surface area contributed by atoms with Crippen LogP contribution < -0.4 is 4.74 Å². The summed E-state index contributed by atoms with van der Waals surface area (Å²) < 4.78 is 9.93. The first-order valence-electron chi connectivity index (χ1n) is 3.81. The molecule has 1 aliphatic rings. The van der Waals surface area contributed by atoms with Gasteiger partial charge in [-0.25, -0.2) is 4.79 Å². The zero-order chi connectivity index (χ0) is 9.26. The van der Waals surface area contributed by atoms with Crippen LogP contribution in [0.4, 0.5) is 0 Å². The van der Waals surface area contributed by atoms with Crippen molar-refractivity contribution in [2.75, 3.05) is 7.11 Å². The van der Waals surface area contributed by atoms with Crippen LogP contribution in [0.3, 0.4) is 0 Å². The minimum Gasteiger partial charge on any atom is -0.466 e. The van der Waals surface area contributed by atoms with Crippen LogP contribution in [-0.2, 0) is 9.53 Å². The van der Waals surface area contributed by atoms with Gasteiger partial charge in [-0.05, 0) is 12.1 Å². The number of fused-ring (bicyclic) bond motifs is 1. The first-order valence-corrected chi connectivity index (χ1v) is 4.69. The third kappa shape index (κ3) is 1.49. The highest BCUT2D eigenvalue weighted by Gasteiger charge is 2.30. The van der Waals surface area contributed by atoms with E-state index >= 15 is 0 Å². The lowest BCUT2D eigenvalue weighted by Gasteiger charge is -2.05. The summed E-state index contributed by atoms with van der Waals surface area (Å²) >= 11 is 1.37. The summed E-state index contributed by atoms with van der Waals surface area (Å²) in [6, 6.07) is 7.54. The molecule has 1 unspecified atom stereocenters. The topological polar surface area (TPSA) is 35.5 Å². The highest BCUT2D eigenvalue weighted by molar-refractivity contribution is 8.00. The smallest absolute Gasteiger partial charge is 0.358 e. The molecule has 3 nitrogen and oxygen atoms in total. The van der Waals surface area contributed by atoms with E-state index in [-0.39, 0.29) is 5.97 Å². The van der Waals surface area contributed by atoms with Crippen LogP contribution in [0.15, 0.2) is 29.2 Å². The molecule has 1 aliphatic heterocycles. The summed E-state index contributed by atoms with van der Waals surface area (Å²) in [5, 5.41) is 0. The molecule has 13 heavy (non-hydrogen) atoms. The van der Waals surface area contributed by atoms with Crippen molar-refractivity contribution in [3.05, 3.63) is 24.3 Å². The van der Waals surface area contributed by atoms with Crippen LogP contribution in [-0.4, -0.2) is 18.5 Å². The molecule has 1 aromatic rings. The fourth-order valence-corrected chi connectivity index (χ4v) is 2.06. The highest BCUT2D eigenvalue weighted by Crippen LogP contribution is 2.40. The number of carbonyl (C=O) groups excluding carboxylic acids is 1. The first kappa shape index (κ1) is 8.44. The maximum atomic E-state index is 11.1. The van der Waals surface area contributed by atoms with E-state index < -0.39 is 5.44 Å². The molecule has 1 atom stereocenters. The van der Waals surface area contributed by atoms with Crippen LogP contribution in [0.2, 0.25) is 0 Å². The minimum atomic E-state index is -0.539. The van der Waals surface area contributed by atoms with Gasteiger partial charge >= 0.3 is 5.97 Å². The predicted molar refractivity (Wildman–Crippen MR) is 48.7 cm³/mol. The Bertz CT molecular complexity index is 312. The maximum absolute atomic E-state index is 11.1. The lowest BCUT2D eigenvalue weighted by molar-refractivity contribution is -0.144.